The van der Waals surface area contributed by atoms with Crippen LogP contribution in [0.25, 0.3) is 0 Å². The van der Waals surface area contributed by atoms with E-state index in [-0.39, 0.29) is 29.9 Å². The van der Waals surface area contributed by atoms with Gasteiger partial charge in [0.1, 0.15) is 17.6 Å². The van der Waals surface area contributed by atoms with E-state index in [1.807, 2.05) is 0 Å². The van der Waals surface area contributed by atoms with Crippen LogP contribution in [0, 0.1) is 6.92 Å². The molecule has 2 heterocycles. The Kier molecular flexibility index (Phi) is 5.69. The average Bonchev–Trinajstić information content (AvgIpc) is 2.54. The summed E-state index contributed by atoms with van der Waals surface area (Å²) in [5, 5.41) is -0.365. The summed E-state index contributed by atoms with van der Waals surface area (Å²) < 4.78 is 49.1. The van der Waals surface area contributed by atoms with Crippen molar-refractivity contribution in [2.45, 2.75) is 32.0 Å². The van der Waals surface area contributed by atoms with E-state index in [4.69, 9.17) is 20.8 Å². The lowest BCUT2D eigenvalue weighted by atomic mass is 10.0. The van der Waals surface area contributed by atoms with Gasteiger partial charge in [-0.25, -0.2) is 4.79 Å². The van der Waals surface area contributed by atoms with Crippen LogP contribution in [0.2, 0.25) is 5.02 Å². The fourth-order valence-electron chi connectivity index (χ4n) is 2.91. The molecule has 28 heavy (non-hydrogen) atoms. The van der Waals surface area contributed by atoms with Gasteiger partial charge < -0.3 is 14.1 Å². The number of ether oxygens (including phenoxy) is 1. The van der Waals surface area contributed by atoms with Gasteiger partial charge in [0.2, 0.25) is 5.91 Å². The number of likely N-dealkylation sites (tertiary alicyclic amines) is 1. The largest absolute Gasteiger partial charge is 0.486 e. The van der Waals surface area contributed by atoms with Crippen LogP contribution in [0.5, 0.6) is 5.75 Å². The molecule has 0 bridgehead atoms. The van der Waals surface area contributed by atoms with Gasteiger partial charge in [-0.3, -0.25) is 4.79 Å². The van der Waals surface area contributed by atoms with E-state index in [2.05, 4.69) is 0 Å². The van der Waals surface area contributed by atoms with Crippen molar-refractivity contribution >= 4 is 17.5 Å². The normalized spacial score (nSPS) is 14.7. The SMILES string of the molecule is Cc1cc(OC2CN(C(=O)CCc3ccc(Cl)c(C(F)(F)F)c3)C2)cc(=O)o1. The summed E-state index contributed by atoms with van der Waals surface area (Å²) in [6.45, 7) is 2.34. The number of benzene rings is 1. The summed E-state index contributed by atoms with van der Waals surface area (Å²) in [7, 11) is 0. The number of hydrogen-bond acceptors (Lipinski definition) is 4. The van der Waals surface area contributed by atoms with Gasteiger partial charge in [-0.2, -0.15) is 13.2 Å². The van der Waals surface area contributed by atoms with Crippen LogP contribution < -0.4 is 10.4 Å². The Balaban J connectivity index is 1.50. The van der Waals surface area contributed by atoms with Crippen LogP contribution in [0.15, 0.2) is 39.5 Å². The van der Waals surface area contributed by atoms with Crippen LogP contribution in [-0.2, 0) is 17.4 Å². The van der Waals surface area contributed by atoms with E-state index in [1.165, 1.54) is 18.2 Å². The van der Waals surface area contributed by atoms with E-state index in [0.29, 0.717) is 30.2 Å². The van der Waals surface area contributed by atoms with Crippen molar-refractivity contribution in [2.75, 3.05) is 13.1 Å². The van der Waals surface area contributed by atoms with E-state index in [1.54, 1.807) is 17.9 Å². The van der Waals surface area contributed by atoms with Crippen molar-refractivity contribution in [3.05, 3.63) is 62.7 Å². The number of hydrogen-bond donors (Lipinski definition) is 0. The number of amides is 1. The van der Waals surface area contributed by atoms with E-state index in [0.717, 1.165) is 6.07 Å². The maximum atomic E-state index is 12.9. The first-order valence-electron chi connectivity index (χ1n) is 8.53. The van der Waals surface area contributed by atoms with E-state index in [9.17, 15) is 22.8 Å². The highest BCUT2D eigenvalue weighted by atomic mass is 35.5. The van der Waals surface area contributed by atoms with Crippen LogP contribution in [0.3, 0.4) is 0 Å². The summed E-state index contributed by atoms with van der Waals surface area (Å²) in [4.78, 5) is 25.1. The van der Waals surface area contributed by atoms with Crippen molar-refractivity contribution in [1.82, 2.24) is 4.90 Å². The Morgan fingerprint density at radius 2 is 2.00 bits per heavy atom. The fraction of sp³-hybridized carbons (Fsp3) is 0.368. The van der Waals surface area contributed by atoms with Gasteiger partial charge in [0.15, 0.2) is 0 Å². The lowest BCUT2D eigenvalue weighted by molar-refractivity contribution is -0.140. The predicted molar refractivity (Wildman–Crippen MR) is 95.5 cm³/mol. The fourth-order valence-corrected chi connectivity index (χ4v) is 3.13. The second-order valence-corrected chi connectivity index (χ2v) is 6.98. The smallest absolute Gasteiger partial charge is 0.417 e. The summed E-state index contributed by atoms with van der Waals surface area (Å²) >= 11 is 5.59. The molecule has 150 valence electrons. The summed E-state index contributed by atoms with van der Waals surface area (Å²) in [6.07, 6.45) is -4.51. The van der Waals surface area contributed by atoms with Crippen LogP contribution in [0.4, 0.5) is 13.2 Å². The zero-order chi connectivity index (χ0) is 20.5. The zero-order valence-corrected chi connectivity index (χ0v) is 15.6. The Morgan fingerprint density at radius 1 is 1.29 bits per heavy atom. The standard InChI is InChI=1S/C19H17ClF3NO4/c1-11-6-13(8-18(26)27-11)28-14-9-24(10-14)17(25)5-3-12-2-4-16(20)15(7-12)19(21,22)23/h2,4,6-8,14H,3,5,9-10H2,1H3. The summed E-state index contributed by atoms with van der Waals surface area (Å²) in [5.41, 5.74) is -1.02. The third-order valence-corrected chi connectivity index (χ3v) is 4.66. The van der Waals surface area contributed by atoms with Gasteiger partial charge >= 0.3 is 11.8 Å². The molecular formula is C19H17ClF3NO4. The van der Waals surface area contributed by atoms with E-state index >= 15 is 0 Å². The summed E-state index contributed by atoms with van der Waals surface area (Å²) in [6, 6.07) is 6.47. The monoisotopic (exact) mass is 415 g/mol. The Bertz CT molecular complexity index is 936. The minimum atomic E-state index is -4.54. The van der Waals surface area contributed by atoms with Crippen molar-refractivity contribution in [2.24, 2.45) is 0 Å². The third-order valence-electron chi connectivity index (χ3n) is 4.33. The number of alkyl halides is 3. The minimum Gasteiger partial charge on any atom is -0.486 e. The molecule has 0 N–H and O–H groups in total. The van der Waals surface area contributed by atoms with Gasteiger partial charge in [0.25, 0.3) is 0 Å². The van der Waals surface area contributed by atoms with Gasteiger partial charge in [-0.05, 0) is 31.0 Å². The maximum Gasteiger partial charge on any atom is 0.417 e. The number of rotatable bonds is 5. The zero-order valence-electron chi connectivity index (χ0n) is 14.9. The van der Waals surface area contributed by atoms with Gasteiger partial charge in [-0.15, -0.1) is 0 Å². The van der Waals surface area contributed by atoms with Gasteiger partial charge in [0, 0.05) is 12.5 Å². The molecule has 1 amide bonds. The highest BCUT2D eigenvalue weighted by molar-refractivity contribution is 6.31. The molecule has 2 aromatic rings. The highest BCUT2D eigenvalue weighted by Gasteiger charge is 2.34. The van der Waals surface area contributed by atoms with Gasteiger partial charge in [-0.1, -0.05) is 17.7 Å². The minimum absolute atomic E-state index is 0.0830. The molecule has 1 aliphatic heterocycles. The number of carbonyl (C=O) groups excluding carboxylic acids is 1. The lowest BCUT2D eigenvalue weighted by Gasteiger charge is -2.39. The van der Waals surface area contributed by atoms with Crippen molar-refractivity contribution < 1.29 is 27.1 Å². The molecule has 9 heteroatoms. The predicted octanol–water partition coefficient (Wildman–Crippen LogP) is 3.84. The second kappa shape index (κ2) is 7.87. The molecule has 1 aromatic carbocycles. The molecule has 0 radical (unpaired) electrons. The number of nitrogens with zero attached hydrogens (tertiary/aromatic N) is 1. The highest BCUT2D eigenvalue weighted by Crippen LogP contribution is 2.35. The second-order valence-electron chi connectivity index (χ2n) is 6.57. The number of aryl methyl sites for hydroxylation is 2. The van der Waals surface area contributed by atoms with Crippen molar-refractivity contribution in [3.63, 3.8) is 0 Å². The molecule has 0 saturated carbocycles. The Hall–Kier alpha value is -2.48. The summed E-state index contributed by atoms with van der Waals surface area (Å²) in [5.74, 6) is 0.634. The molecule has 1 saturated heterocycles. The molecular weight excluding hydrogens is 399 g/mol. The van der Waals surface area contributed by atoms with Crippen molar-refractivity contribution in [1.29, 1.82) is 0 Å². The molecule has 0 spiro atoms. The lowest BCUT2D eigenvalue weighted by Crippen LogP contribution is -2.56. The average molecular weight is 416 g/mol. The van der Waals surface area contributed by atoms with Crippen LogP contribution >= 0.6 is 11.6 Å². The topological polar surface area (TPSA) is 59.8 Å². The molecule has 1 aromatic heterocycles. The van der Waals surface area contributed by atoms with E-state index < -0.39 is 17.4 Å². The number of halogens is 4. The molecule has 1 fully saturated rings. The molecule has 0 atom stereocenters. The van der Waals surface area contributed by atoms with Gasteiger partial charge in [0.05, 0.1) is 29.7 Å². The van der Waals surface area contributed by atoms with Crippen LogP contribution in [0.1, 0.15) is 23.3 Å². The molecule has 5 nitrogen and oxygen atoms in total. The van der Waals surface area contributed by atoms with Crippen molar-refractivity contribution in [3.8, 4) is 5.75 Å². The molecule has 0 aliphatic carbocycles. The number of carbonyl (C=O) groups is 1. The first kappa shape index (κ1) is 20.3. The quantitative estimate of drug-likeness (QED) is 0.744. The Morgan fingerprint density at radius 3 is 2.64 bits per heavy atom. The first-order chi connectivity index (χ1) is 13.1. The Labute approximate surface area is 163 Å². The third kappa shape index (κ3) is 4.86. The van der Waals surface area contributed by atoms with Crippen LogP contribution in [-0.4, -0.2) is 30.0 Å². The molecule has 0 unspecified atom stereocenters. The molecule has 1 aliphatic rings. The first-order valence-corrected chi connectivity index (χ1v) is 8.91. The maximum absolute atomic E-state index is 12.9. The molecule has 3 rings (SSSR count).